The lowest BCUT2D eigenvalue weighted by atomic mass is 10.1. The van der Waals surface area contributed by atoms with Crippen LogP contribution >= 0.6 is 0 Å². The van der Waals surface area contributed by atoms with Gasteiger partial charge >= 0.3 is 6.18 Å². The number of nitrogens with zero attached hydrogens (tertiary/aromatic N) is 2. The SMILES string of the molecule is CCc1ccc(OCc2cccc(C(=O)NCCCn3nc(C(F)(F)F)cc3C3CC3)c2)cc1. The highest BCUT2D eigenvalue weighted by molar-refractivity contribution is 5.94. The fourth-order valence-electron chi connectivity index (χ4n) is 3.78. The number of aromatic nitrogens is 2. The molecule has 0 bridgehead atoms. The molecule has 5 nitrogen and oxygen atoms in total. The molecule has 1 N–H and O–H groups in total. The van der Waals surface area contributed by atoms with Crippen LogP contribution < -0.4 is 10.1 Å². The molecule has 2 aromatic carbocycles. The molecule has 180 valence electrons. The summed E-state index contributed by atoms with van der Waals surface area (Å²) >= 11 is 0. The highest BCUT2D eigenvalue weighted by Crippen LogP contribution is 2.42. The molecule has 8 heteroatoms. The van der Waals surface area contributed by atoms with Crippen molar-refractivity contribution in [2.24, 2.45) is 0 Å². The average Bonchev–Trinajstić information content (AvgIpc) is 3.58. The number of hydrogen-bond acceptors (Lipinski definition) is 3. The van der Waals surface area contributed by atoms with E-state index in [0.717, 1.165) is 36.6 Å². The van der Waals surface area contributed by atoms with Gasteiger partial charge in [0.05, 0.1) is 0 Å². The number of hydrogen-bond donors (Lipinski definition) is 1. The number of carbonyl (C=O) groups excluding carboxylic acids is 1. The number of nitrogens with one attached hydrogen (secondary N) is 1. The number of alkyl halides is 3. The largest absolute Gasteiger partial charge is 0.489 e. The first-order valence-electron chi connectivity index (χ1n) is 11.6. The fraction of sp³-hybridized carbons (Fsp3) is 0.385. The summed E-state index contributed by atoms with van der Waals surface area (Å²) in [5.74, 6) is 0.700. The van der Waals surface area contributed by atoms with E-state index in [9.17, 15) is 18.0 Å². The number of aryl methyl sites for hydroxylation is 2. The Morgan fingerprint density at radius 3 is 2.56 bits per heavy atom. The summed E-state index contributed by atoms with van der Waals surface area (Å²) in [5.41, 5.74) is 2.41. The topological polar surface area (TPSA) is 56.1 Å². The molecule has 3 aromatic rings. The summed E-state index contributed by atoms with van der Waals surface area (Å²) < 4.78 is 46.3. The van der Waals surface area contributed by atoms with Crippen molar-refractivity contribution in [1.82, 2.24) is 15.1 Å². The molecule has 0 aliphatic heterocycles. The first kappa shape index (κ1) is 23.9. The maximum Gasteiger partial charge on any atom is 0.435 e. The number of ether oxygens (including phenoxy) is 1. The van der Waals surface area contributed by atoms with E-state index in [4.69, 9.17) is 4.74 Å². The molecule has 1 amide bonds. The second-order valence-electron chi connectivity index (χ2n) is 8.55. The molecule has 0 radical (unpaired) electrons. The van der Waals surface area contributed by atoms with E-state index in [-0.39, 0.29) is 11.8 Å². The number of amides is 1. The summed E-state index contributed by atoms with van der Waals surface area (Å²) in [6, 6.07) is 16.3. The zero-order valence-electron chi connectivity index (χ0n) is 19.1. The molecular formula is C26H28F3N3O2. The van der Waals surface area contributed by atoms with Gasteiger partial charge in [-0.05, 0) is 67.1 Å². The van der Waals surface area contributed by atoms with Gasteiger partial charge in [0.25, 0.3) is 5.91 Å². The van der Waals surface area contributed by atoms with Crippen molar-refractivity contribution < 1.29 is 22.7 Å². The maximum absolute atomic E-state index is 13.0. The third kappa shape index (κ3) is 6.18. The molecule has 1 fully saturated rings. The second kappa shape index (κ2) is 10.3. The molecule has 1 aliphatic rings. The minimum absolute atomic E-state index is 0.160. The second-order valence-corrected chi connectivity index (χ2v) is 8.55. The average molecular weight is 472 g/mol. The van der Waals surface area contributed by atoms with E-state index >= 15 is 0 Å². The minimum Gasteiger partial charge on any atom is -0.489 e. The van der Waals surface area contributed by atoms with E-state index in [0.29, 0.717) is 37.4 Å². The molecule has 1 aliphatic carbocycles. The Morgan fingerprint density at radius 2 is 1.88 bits per heavy atom. The normalized spacial score (nSPS) is 13.6. The molecular weight excluding hydrogens is 443 g/mol. The van der Waals surface area contributed by atoms with Crippen molar-refractivity contribution in [3.8, 4) is 5.75 Å². The van der Waals surface area contributed by atoms with E-state index in [2.05, 4.69) is 17.3 Å². The zero-order valence-corrected chi connectivity index (χ0v) is 19.1. The van der Waals surface area contributed by atoms with Gasteiger partial charge in [-0.2, -0.15) is 18.3 Å². The summed E-state index contributed by atoms with van der Waals surface area (Å²) in [5, 5.41) is 6.59. The van der Waals surface area contributed by atoms with Crippen LogP contribution in [0.4, 0.5) is 13.2 Å². The Kier molecular flexibility index (Phi) is 7.24. The van der Waals surface area contributed by atoms with Crippen molar-refractivity contribution in [1.29, 1.82) is 0 Å². The number of rotatable bonds is 10. The molecule has 0 saturated heterocycles. The van der Waals surface area contributed by atoms with Gasteiger partial charge < -0.3 is 10.1 Å². The number of carbonyl (C=O) groups is 1. The molecule has 0 unspecified atom stereocenters. The van der Waals surface area contributed by atoms with Gasteiger partial charge in [0.1, 0.15) is 12.4 Å². The predicted molar refractivity (Wildman–Crippen MR) is 123 cm³/mol. The summed E-state index contributed by atoms with van der Waals surface area (Å²) in [7, 11) is 0. The van der Waals surface area contributed by atoms with Crippen molar-refractivity contribution in [3.05, 3.63) is 82.7 Å². The van der Waals surface area contributed by atoms with Crippen LogP contribution in [0.3, 0.4) is 0 Å². The van der Waals surface area contributed by atoms with Gasteiger partial charge in [-0.15, -0.1) is 0 Å². The van der Waals surface area contributed by atoms with Gasteiger partial charge in [-0.3, -0.25) is 9.48 Å². The van der Waals surface area contributed by atoms with Crippen LogP contribution in [-0.4, -0.2) is 22.2 Å². The van der Waals surface area contributed by atoms with Gasteiger partial charge in [0.15, 0.2) is 5.69 Å². The van der Waals surface area contributed by atoms with Gasteiger partial charge in [-0.1, -0.05) is 31.2 Å². The van der Waals surface area contributed by atoms with Gasteiger partial charge in [0.2, 0.25) is 0 Å². The Labute approximate surface area is 196 Å². The van der Waals surface area contributed by atoms with E-state index in [1.54, 1.807) is 18.2 Å². The van der Waals surface area contributed by atoms with Crippen LogP contribution in [-0.2, 0) is 25.7 Å². The quantitative estimate of drug-likeness (QED) is 0.384. The fourth-order valence-corrected chi connectivity index (χ4v) is 3.78. The van der Waals surface area contributed by atoms with Crippen LogP contribution in [0.5, 0.6) is 5.75 Å². The molecule has 1 heterocycles. The lowest BCUT2D eigenvalue weighted by Crippen LogP contribution is -2.25. The van der Waals surface area contributed by atoms with Crippen LogP contribution in [0, 0.1) is 0 Å². The lowest BCUT2D eigenvalue weighted by molar-refractivity contribution is -0.141. The predicted octanol–water partition coefficient (Wildman–Crippen LogP) is 5.74. The molecule has 4 rings (SSSR count). The van der Waals surface area contributed by atoms with Crippen LogP contribution in [0.2, 0.25) is 0 Å². The Morgan fingerprint density at radius 1 is 1.12 bits per heavy atom. The van der Waals surface area contributed by atoms with Gasteiger partial charge in [-0.25, -0.2) is 0 Å². The smallest absolute Gasteiger partial charge is 0.435 e. The van der Waals surface area contributed by atoms with Crippen molar-refractivity contribution in [2.75, 3.05) is 6.54 Å². The highest BCUT2D eigenvalue weighted by Gasteiger charge is 2.37. The van der Waals surface area contributed by atoms with E-state index in [1.807, 2.05) is 30.3 Å². The van der Waals surface area contributed by atoms with Crippen LogP contribution in [0.15, 0.2) is 54.6 Å². The Bertz CT molecular complexity index is 1120. The maximum atomic E-state index is 13.0. The first-order valence-corrected chi connectivity index (χ1v) is 11.6. The van der Waals surface area contributed by atoms with Crippen molar-refractivity contribution >= 4 is 5.91 Å². The molecule has 34 heavy (non-hydrogen) atoms. The van der Waals surface area contributed by atoms with Crippen molar-refractivity contribution in [2.45, 2.75) is 57.9 Å². The van der Waals surface area contributed by atoms with Gasteiger partial charge in [0, 0.05) is 30.3 Å². The summed E-state index contributed by atoms with van der Waals surface area (Å²) in [6.07, 6.45) is -1.21. The van der Waals surface area contributed by atoms with E-state index < -0.39 is 11.9 Å². The first-order chi connectivity index (χ1) is 16.3. The molecule has 0 spiro atoms. The molecule has 0 atom stereocenters. The van der Waals surface area contributed by atoms with Crippen molar-refractivity contribution in [3.63, 3.8) is 0 Å². The third-order valence-corrected chi connectivity index (χ3v) is 5.86. The Hall–Kier alpha value is -3.29. The van der Waals surface area contributed by atoms with E-state index in [1.165, 1.54) is 10.2 Å². The van der Waals surface area contributed by atoms with Crippen LogP contribution in [0.25, 0.3) is 0 Å². The summed E-state index contributed by atoms with van der Waals surface area (Å²) in [4.78, 5) is 12.6. The minimum atomic E-state index is -4.45. The van der Waals surface area contributed by atoms with Crippen LogP contribution in [0.1, 0.15) is 65.0 Å². The summed E-state index contributed by atoms with van der Waals surface area (Å²) in [6.45, 7) is 3.11. The number of halogens is 3. The standard InChI is InChI=1S/C26H28F3N3O2/c1-2-18-7-11-22(12-8-18)34-17-19-5-3-6-21(15-19)25(33)30-13-4-14-32-23(20-9-10-20)16-24(31-32)26(27,28)29/h3,5-8,11-12,15-16,20H,2,4,9-10,13-14,17H2,1H3,(H,30,33). The monoisotopic (exact) mass is 471 g/mol. The molecule has 1 saturated carbocycles. The number of benzene rings is 2. The molecule has 1 aromatic heterocycles. The lowest BCUT2D eigenvalue weighted by Gasteiger charge is -2.10. The zero-order chi connectivity index (χ0) is 24.1. The Balaban J connectivity index is 1.27. The third-order valence-electron chi connectivity index (χ3n) is 5.86. The highest BCUT2D eigenvalue weighted by atomic mass is 19.4.